The van der Waals surface area contributed by atoms with Crippen LogP contribution in [-0.4, -0.2) is 24.3 Å². The minimum Gasteiger partial charge on any atom is -0.373 e. The van der Waals surface area contributed by atoms with Crippen molar-refractivity contribution in [1.29, 1.82) is 0 Å². The largest absolute Gasteiger partial charge is 0.373 e. The fourth-order valence-electron chi connectivity index (χ4n) is 2.29. The van der Waals surface area contributed by atoms with E-state index in [1.807, 2.05) is 0 Å². The summed E-state index contributed by atoms with van der Waals surface area (Å²) < 4.78 is 6.05. The summed E-state index contributed by atoms with van der Waals surface area (Å²) in [5.41, 5.74) is 0.0112. The molecule has 1 rings (SSSR count). The summed E-state index contributed by atoms with van der Waals surface area (Å²) in [4.78, 5) is 0. The zero-order valence-electron chi connectivity index (χ0n) is 10.8. The molecule has 2 atom stereocenters. The lowest BCUT2D eigenvalue weighted by molar-refractivity contribution is -0.0775. The molecule has 0 radical (unpaired) electrons. The molecule has 1 aliphatic rings. The van der Waals surface area contributed by atoms with Crippen molar-refractivity contribution in [1.82, 2.24) is 5.32 Å². The molecule has 0 bridgehead atoms. The van der Waals surface area contributed by atoms with Crippen LogP contribution >= 0.6 is 0 Å². The van der Waals surface area contributed by atoms with Crippen LogP contribution in [0.15, 0.2) is 0 Å². The van der Waals surface area contributed by atoms with E-state index in [0.717, 1.165) is 6.54 Å². The van der Waals surface area contributed by atoms with Gasteiger partial charge < -0.3 is 10.1 Å². The maximum atomic E-state index is 6.05. The summed E-state index contributed by atoms with van der Waals surface area (Å²) in [6.45, 7) is 9.81. The van der Waals surface area contributed by atoms with Gasteiger partial charge in [-0.1, -0.05) is 6.92 Å². The number of ether oxygens (including phenoxy) is 1. The van der Waals surface area contributed by atoms with E-state index in [2.05, 4.69) is 33.0 Å². The van der Waals surface area contributed by atoms with Gasteiger partial charge in [0, 0.05) is 6.04 Å². The molecule has 2 nitrogen and oxygen atoms in total. The highest BCUT2D eigenvalue weighted by Crippen LogP contribution is 2.25. The molecule has 0 amide bonds. The predicted molar refractivity (Wildman–Crippen MR) is 65.2 cm³/mol. The highest BCUT2D eigenvalue weighted by atomic mass is 16.5. The zero-order chi connectivity index (χ0) is 11.3. The molecule has 0 heterocycles. The molecular formula is C13H27NO. The molecule has 0 aliphatic heterocycles. The Kier molecular flexibility index (Phi) is 5.07. The van der Waals surface area contributed by atoms with Crippen LogP contribution in [0.4, 0.5) is 0 Å². The summed E-state index contributed by atoms with van der Waals surface area (Å²) in [5, 5.41) is 3.61. The van der Waals surface area contributed by atoms with Crippen LogP contribution in [-0.2, 0) is 4.74 Å². The second-order valence-electron chi connectivity index (χ2n) is 5.67. The molecule has 90 valence electrons. The molecule has 0 aromatic heterocycles. The van der Waals surface area contributed by atoms with Gasteiger partial charge in [-0.2, -0.15) is 0 Å². The fourth-order valence-corrected chi connectivity index (χ4v) is 2.29. The standard InChI is InChI=1S/C13H27NO/c1-5-9-14-11-7-6-8-12(10-11)15-13(2,3)4/h11-12,14H,5-10H2,1-4H3. The van der Waals surface area contributed by atoms with E-state index in [-0.39, 0.29) is 5.60 Å². The highest BCUT2D eigenvalue weighted by Gasteiger charge is 2.25. The maximum Gasteiger partial charge on any atom is 0.0602 e. The maximum absolute atomic E-state index is 6.05. The van der Waals surface area contributed by atoms with Gasteiger partial charge in [-0.15, -0.1) is 0 Å². The lowest BCUT2D eigenvalue weighted by atomic mass is 9.92. The number of hydrogen-bond donors (Lipinski definition) is 1. The summed E-state index contributed by atoms with van der Waals surface area (Å²) in [6, 6.07) is 0.686. The Morgan fingerprint density at radius 1 is 1.27 bits per heavy atom. The van der Waals surface area contributed by atoms with Gasteiger partial charge in [0.2, 0.25) is 0 Å². The zero-order valence-corrected chi connectivity index (χ0v) is 10.8. The number of rotatable bonds is 4. The summed E-state index contributed by atoms with van der Waals surface area (Å²) >= 11 is 0. The highest BCUT2D eigenvalue weighted by molar-refractivity contribution is 4.80. The first-order valence-corrected chi connectivity index (χ1v) is 6.42. The van der Waals surface area contributed by atoms with Gasteiger partial charge >= 0.3 is 0 Å². The molecule has 0 spiro atoms. The minimum absolute atomic E-state index is 0.0112. The van der Waals surface area contributed by atoms with Gasteiger partial charge in [-0.3, -0.25) is 0 Å². The van der Waals surface area contributed by atoms with Crippen molar-refractivity contribution in [2.75, 3.05) is 6.54 Å². The first kappa shape index (κ1) is 13.0. The second-order valence-corrected chi connectivity index (χ2v) is 5.67. The Labute approximate surface area is 94.8 Å². The van der Waals surface area contributed by atoms with Gasteiger partial charge in [0.15, 0.2) is 0 Å². The lowest BCUT2D eigenvalue weighted by Gasteiger charge is -2.34. The molecule has 1 N–H and O–H groups in total. The van der Waals surface area contributed by atoms with Crippen molar-refractivity contribution < 1.29 is 4.74 Å². The Balaban J connectivity index is 2.29. The van der Waals surface area contributed by atoms with E-state index in [4.69, 9.17) is 4.74 Å². The van der Waals surface area contributed by atoms with Crippen LogP contribution in [0.2, 0.25) is 0 Å². The third-order valence-electron chi connectivity index (χ3n) is 2.83. The summed E-state index contributed by atoms with van der Waals surface area (Å²) in [5.74, 6) is 0. The number of nitrogens with one attached hydrogen (secondary N) is 1. The van der Waals surface area contributed by atoms with Crippen molar-refractivity contribution in [3.63, 3.8) is 0 Å². The molecule has 1 fully saturated rings. The van der Waals surface area contributed by atoms with Crippen LogP contribution in [0.1, 0.15) is 59.8 Å². The Bertz CT molecular complexity index is 174. The van der Waals surface area contributed by atoms with Crippen molar-refractivity contribution in [2.45, 2.75) is 77.5 Å². The lowest BCUT2D eigenvalue weighted by Crippen LogP contribution is -2.39. The molecule has 0 aromatic rings. The van der Waals surface area contributed by atoms with Crippen LogP contribution in [0.5, 0.6) is 0 Å². The molecule has 1 saturated carbocycles. The molecule has 1 aliphatic carbocycles. The Morgan fingerprint density at radius 3 is 2.60 bits per heavy atom. The third kappa shape index (κ3) is 5.53. The van der Waals surface area contributed by atoms with Crippen molar-refractivity contribution in [3.05, 3.63) is 0 Å². The van der Waals surface area contributed by atoms with E-state index >= 15 is 0 Å². The van der Waals surface area contributed by atoms with Crippen molar-refractivity contribution in [2.24, 2.45) is 0 Å². The monoisotopic (exact) mass is 213 g/mol. The molecule has 2 heteroatoms. The van der Waals surface area contributed by atoms with Gasteiger partial charge in [-0.25, -0.2) is 0 Å². The van der Waals surface area contributed by atoms with E-state index in [0.29, 0.717) is 12.1 Å². The average Bonchev–Trinajstić information content (AvgIpc) is 2.12. The van der Waals surface area contributed by atoms with Gasteiger partial charge in [0.25, 0.3) is 0 Å². The normalized spacial score (nSPS) is 28.0. The molecular weight excluding hydrogens is 186 g/mol. The quantitative estimate of drug-likeness (QED) is 0.775. The second kappa shape index (κ2) is 5.86. The van der Waals surface area contributed by atoms with E-state index < -0.39 is 0 Å². The molecule has 2 unspecified atom stereocenters. The smallest absolute Gasteiger partial charge is 0.0602 e. The first-order valence-electron chi connectivity index (χ1n) is 6.42. The van der Waals surface area contributed by atoms with Gasteiger partial charge in [0.05, 0.1) is 11.7 Å². The SMILES string of the molecule is CCCNC1CCCC(OC(C)(C)C)C1. The fraction of sp³-hybridized carbons (Fsp3) is 1.00. The summed E-state index contributed by atoms with van der Waals surface area (Å²) in [6.07, 6.45) is 6.75. The van der Waals surface area contributed by atoms with Crippen LogP contribution in [0.3, 0.4) is 0 Å². The summed E-state index contributed by atoms with van der Waals surface area (Å²) in [7, 11) is 0. The third-order valence-corrected chi connectivity index (χ3v) is 2.83. The van der Waals surface area contributed by atoms with E-state index in [9.17, 15) is 0 Å². The average molecular weight is 213 g/mol. The number of hydrogen-bond acceptors (Lipinski definition) is 2. The van der Waals surface area contributed by atoms with E-state index in [1.165, 1.54) is 32.1 Å². The van der Waals surface area contributed by atoms with E-state index in [1.54, 1.807) is 0 Å². The molecule has 0 saturated heterocycles. The minimum atomic E-state index is 0.0112. The Hall–Kier alpha value is -0.0800. The van der Waals surface area contributed by atoms with Crippen LogP contribution in [0, 0.1) is 0 Å². The topological polar surface area (TPSA) is 21.3 Å². The van der Waals surface area contributed by atoms with Crippen LogP contribution in [0.25, 0.3) is 0 Å². The Morgan fingerprint density at radius 2 is 2.00 bits per heavy atom. The van der Waals surface area contributed by atoms with Crippen LogP contribution < -0.4 is 5.32 Å². The van der Waals surface area contributed by atoms with Gasteiger partial charge in [-0.05, 0) is 59.4 Å². The molecule has 15 heavy (non-hydrogen) atoms. The van der Waals surface area contributed by atoms with Gasteiger partial charge in [0.1, 0.15) is 0 Å². The van der Waals surface area contributed by atoms with Crippen molar-refractivity contribution in [3.8, 4) is 0 Å². The van der Waals surface area contributed by atoms with Crippen molar-refractivity contribution >= 4 is 0 Å². The predicted octanol–water partition coefficient (Wildman–Crippen LogP) is 3.11. The first-order chi connectivity index (χ1) is 7.01. The molecule has 0 aromatic carbocycles.